The van der Waals surface area contributed by atoms with Gasteiger partial charge in [0.15, 0.2) is 11.0 Å². The molecule has 0 saturated carbocycles. The summed E-state index contributed by atoms with van der Waals surface area (Å²) in [6, 6.07) is 17.9. The van der Waals surface area contributed by atoms with Crippen molar-refractivity contribution >= 4 is 25.8 Å². The number of nitrogens with zero attached hydrogens (tertiary/aromatic N) is 1. The van der Waals surface area contributed by atoms with Crippen molar-refractivity contribution in [3.05, 3.63) is 93.6 Å². The van der Waals surface area contributed by atoms with Gasteiger partial charge >= 0.3 is 13.6 Å². The summed E-state index contributed by atoms with van der Waals surface area (Å²) >= 11 is 5.14. The third kappa shape index (κ3) is 7.14. The van der Waals surface area contributed by atoms with Crippen LogP contribution in [0.4, 0.5) is 0 Å². The third-order valence-electron chi connectivity index (χ3n) is 6.18. The number of aliphatic hydroxyl groups excluding tert-OH is 1. The van der Waals surface area contributed by atoms with Crippen molar-refractivity contribution in [3.8, 4) is 5.75 Å². The molecule has 0 amide bonds. The number of aliphatic hydroxyl groups is 2. The summed E-state index contributed by atoms with van der Waals surface area (Å²) in [6.07, 6.45) is -4.63. The normalized spacial score (nSPS) is 25.8. The predicted octanol–water partition coefficient (Wildman–Crippen LogP) is 3.58. The lowest BCUT2D eigenvalue weighted by atomic mass is 9.96. The van der Waals surface area contributed by atoms with Crippen LogP contribution in [0.5, 0.6) is 5.75 Å². The molecule has 1 aromatic heterocycles. The molecule has 0 spiro atoms. The second-order valence-electron chi connectivity index (χ2n) is 9.50. The van der Waals surface area contributed by atoms with Crippen molar-refractivity contribution in [2.45, 2.75) is 44.5 Å². The van der Waals surface area contributed by atoms with E-state index in [1.54, 1.807) is 42.5 Å². The fraction of sp³-hybridized carbons (Fsp3) is 0.370. The van der Waals surface area contributed by atoms with Gasteiger partial charge in [0, 0.05) is 12.3 Å². The van der Waals surface area contributed by atoms with E-state index in [-0.39, 0.29) is 17.1 Å². The first kappa shape index (κ1) is 27.1. The van der Waals surface area contributed by atoms with E-state index in [1.165, 1.54) is 32.2 Å². The highest BCUT2D eigenvalue weighted by atomic mass is 32.1. The molecule has 0 radical (unpaired) electrons. The molecule has 214 valence electrons. The SMILES string of the molecule is [2H]C([2H])(OP(=O)(C[C@@H](C)C(=O)OCc1ccccc1)Oc1ccccc1)[C@H]1O[C@@H](n2ccc(=O)[nH]c2=S)C(C)(O)[C@H]1O. The highest BCUT2D eigenvalue weighted by Crippen LogP contribution is 2.51. The summed E-state index contributed by atoms with van der Waals surface area (Å²) in [5.74, 6) is -1.69. The maximum absolute atomic E-state index is 14.1. The van der Waals surface area contributed by atoms with Gasteiger partial charge in [0.2, 0.25) is 0 Å². The number of H-pyrrole nitrogens is 1. The third-order valence-corrected chi connectivity index (χ3v) is 8.36. The smallest absolute Gasteiger partial charge is 0.380 e. The van der Waals surface area contributed by atoms with E-state index in [9.17, 15) is 24.4 Å². The largest absolute Gasteiger partial charge is 0.461 e. The van der Waals surface area contributed by atoms with E-state index >= 15 is 0 Å². The van der Waals surface area contributed by atoms with Crippen LogP contribution in [-0.4, -0.2) is 56.3 Å². The summed E-state index contributed by atoms with van der Waals surface area (Å²) in [5, 5.41) is 22.0. The molecule has 0 aliphatic carbocycles. The van der Waals surface area contributed by atoms with Crippen molar-refractivity contribution in [1.29, 1.82) is 0 Å². The Hall–Kier alpha value is -3.12. The topological polar surface area (TPSA) is 149 Å². The Morgan fingerprint density at radius 3 is 2.52 bits per heavy atom. The van der Waals surface area contributed by atoms with E-state index in [0.717, 1.165) is 16.2 Å². The Labute approximate surface area is 238 Å². The van der Waals surface area contributed by atoms with Gasteiger partial charge in [-0.2, -0.15) is 0 Å². The van der Waals surface area contributed by atoms with Crippen LogP contribution in [-0.2, 0) is 30.0 Å². The van der Waals surface area contributed by atoms with Gasteiger partial charge in [-0.3, -0.25) is 23.7 Å². The van der Waals surface area contributed by atoms with Gasteiger partial charge in [0.1, 0.15) is 30.2 Å². The molecule has 1 aliphatic heterocycles. The number of rotatable bonds is 11. The zero-order valence-electron chi connectivity index (χ0n) is 23.7. The minimum Gasteiger partial charge on any atom is -0.461 e. The van der Waals surface area contributed by atoms with Crippen LogP contribution < -0.4 is 10.1 Å². The Morgan fingerprint density at radius 1 is 1.23 bits per heavy atom. The lowest BCUT2D eigenvalue weighted by Gasteiger charge is -2.28. The quantitative estimate of drug-likeness (QED) is 0.171. The van der Waals surface area contributed by atoms with Gasteiger partial charge in [-0.25, -0.2) is 4.57 Å². The van der Waals surface area contributed by atoms with Crippen molar-refractivity contribution in [1.82, 2.24) is 9.55 Å². The predicted molar refractivity (Wildman–Crippen MR) is 147 cm³/mol. The first-order valence-electron chi connectivity index (χ1n) is 13.3. The molecule has 3 aromatic rings. The molecule has 1 fully saturated rings. The molecule has 1 aliphatic rings. The molecule has 13 heteroatoms. The molecular weight excluding hydrogens is 559 g/mol. The standard InChI is InChI=1S/C27H31N2O9PS/c1-18(24(32)35-15-19-9-5-3-6-10-19)17-39(34,38-20-11-7-4-8-12-20)36-16-21-23(31)27(2,33)25(37-21)29-14-13-22(30)28-26(29)40/h3-14,18,21,23,25,31,33H,15-17H2,1-2H3,(H,28,30,40)/t18-,21-,23+,25-,27?,39?/m1/s1/i16D2. The molecule has 3 N–H and O–H groups in total. The molecular formula is C27H31N2O9PS. The first-order chi connectivity index (χ1) is 19.7. The van der Waals surface area contributed by atoms with Crippen LogP contribution >= 0.6 is 19.8 Å². The second kappa shape index (κ2) is 12.6. The van der Waals surface area contributed by atoms with Crippen molar-refractivity contribution in [2.24, 2.45) is 5.92 Å². The van der Waals surface area contributed by atoms with Crippen LogP contribution in [0.1, 0.15) is 28.4 Å². The van der Waals surface area contributed by atoms with Gasteiger partial charge in [-0.1, -0.05) is 55.5 Å². The molecule has 1 saturated heterocycles. The first-order valence-corrected chi connectivity index (χ1v) is 14.5. The van der Waals surface area contributed by atoms with E-state index in [0.29, 0.717) is 0 Å². The van der Waals surface area contributed by atoms with Gasteiger partial charge in [-0.05, 0) is 36.8 Å². The lowest BCUT2D eigenvalue weighted by molar-refractivity contribution is -0.148. The highest BCUT2D eigenvalue weighted by molar-refractivity contribution is 7.71. The number of carbonyl (C=O) groups is 1. The number of carbonyl (C=O) groups excluding carboxylic acids is 1. The molecule has 0 bridgehead atoms. The van der Waals surface area contributed by atoms with E-state index in [2.05, 4.69) is 4.98 Å². The second-order valence-corrected chi connectivity index (χ2v) is 11.8. The van der Waals surface area contributed by atoms with Crippen molar-refractivity contribution < 1.29 is 40.8 Å². The fourth-order valence-electron chi connectivity index (χ4n) is 4.00. The Balaban J connectivity index is 1.57. The van der Waals surface area contributed by atoms with Crippen LogP contribution in [0.25, 0.3) is 0 Å². The number of aromatic amines is 1. The van der Waals surface area contributed by atoms with Gasteiger partial charge in [0.25, 0.3) is 5.56 Å². The monoisotopic (exact) mass is 592 g/mol. The number of hydrogen-bond acceptors (Lipinski definition) is 10. The van der Waals surface area contributed by atoms with Crippen molar-refractivity contribution in [2.75, 3.05) is 12.7 Å². The fourth-order valence-corrected chi connectivity index (χ4v) is 5.97. The number of ether oxygens (including phenoxy) is 2. The van der Waals surface area contributed by atoms with Crippen LogP contribution in [0.15, 0.2) is 77.7 Å². The Morgan fingerprint density at radius 2 is 1.88 bits per heavy atom. The number of aromatic nitrogens is 2. The summed E-state index contributed by atoms with van der Waals surface area (Å²) < 4.78 is 54.5. The zero-order chi connectivity index (χ0) is 30.7. The molecule has 2 heterocycles. The highest BCUT2D eigenvalue weighted by Gasteiger charge is 2.53. The Bertz CT molecular complexity index is 1550. The summed E-state index contributed by atoms with van der Waals surface area (Å²) in [7, 11) is -4.52. The molecule has 2 unspecified atom stereocenters. The Kier molecular flexibility index (Phi) is 8.52. The number of esters is 1. The minimum atomic E-state index is -4.52. The number of hydrogen-bond donors (Lipinski definition) is 3. The van der Waals surface area contributed by atoms with Gasteiger partial charge in [-0.15, -0.1) is 0 Å². The average molecular weight is 593 g/mol. The van der Waals surface area contributed by atoms with E-state index in [1.807, 2.05) is 6.07 Å². The molecule has 11 nitrogen and oxygen atoms in total. The molecule has 40 heavy (non-hydrogen) atoms. The number of para-hydroxylation sites is 1. The maximum Gasteiger partial charge on any atom is 0.380 e. The van der Waals surface area contributed by atoms with Crippen LogP contribution in [0, 0.1) is 10.7 Å². The van der Waals surface area contributed by atoms with Gasteiger partial charge in [0.05, 0.1) is 21.4 Å². The molecule has 4 rings (SSSR count). The minimum absolute atomic E-state index is 0.0264. The zero-order valence-corrected chi connectivity index (χ0v) is 23.4. The summed E-state index contributed by atoms with van der Waals surface area (Å²) in [5.41, 5.74) is -1.90. The van der Waals surface area contributed by atoms with E-state index < -0.39 is 61.8 Å². The van der Waals surface area contributed by atoms with E-state index in [4.69, 9.17) is 33.5 Å². The van der Waals surface area contributed by atoms with Crippen LogP contribution in [0.2, 0.25) is 0 Å². The average Bonchev–Trinajstić information content (AvgIpc) is 3.17. The summed E-state index contributed by atoms with van der Waals surface area (Å²) in [6.45, 7) is -0.426. The molecule has 2 aromatic carbocycles. The molecule has 6 atom stereocenters. The van der Waals surface area contributed by atoms with Crippen LogP contribution in [0.3, 0.4) is 0 Å². The number of benzene rings is 2. The summed E-state index contributed by atoms with van der Waals surface area (Å²) in [4.78, 5) is 26.8. The lowest BCUT2D eigenvalue weighted by Crippen LogP contribution is -2.44. The van der Waals surface area contributed by atoms with Gasteiger partial charge < -0.3 is 24.2 Å². The maximum atomic E-state index is 14.1. The van der Waals surface area contributed by atoms with Crippen molar-refractivity contribution in [3.63, 3.8) is 0 Å². The number of nitrogens with one attached hydrogen (secondary N) is 1.